The first-order valence-electron chi connectivity index (χ1n) is 10.4. The first-order valence-corrected chi connectivity index (χ1v) is 11.8. The molecule has 0 radical (unpaired) electrons. The molecule has 4 heterocycles. The van der Waals surface area contributed by atoms with Crippen molar-refractivity contribution >= 4 is 37.9 Å². The van der Waals surface area contributed by atoms with Crippen LogP contribution in [0.4, 0.5) is 5.82 Å². The highest BCUT2D eigenvalue weighted by molar-refractivity contribution is 7.89. The van der Waals surface area contributed by atoms with Gasteiger partial charge < -0.3 is 14.9 Å². The molecule has 9 nitrogen and oxygen atoms in total. The Morgan fingerprint density at radius 1 is 1.09 bits per heavy atom. The Morgan fingerprint density at radius 3 is 2.64 bits per heavy atom. The van der Waals surface area contributed by atoms with E-state index in [1.807, 2.05) is 42.9 Å². The van der Waals surface area contributed by atoms with Crippen LogP contribution in [0.25, 0.3) is 33.5 Å². The predicted molar refractivity (Wildman–Crippen MR) is 128 cm³/mol. The molecule has 0 amide bonds. The van der Waals surface area contributed by atoms with Crippen molar-refractivity contribution in [2.24, 2.45) is 7.05 Å². The molecule has 0 saturated heterocycles. The van der Waals surface area contributed by atoms with E-state index in [-0.39, 0.29) is 11.4 Å². The molecule has 4 aromatic heterocycles. The van der Waals surface area contributed by atoms with Crippen LogP contribution in [0, 0.1) is 0 Å². The number of aromatic amines is 1. The Kier molecular flexibility index (Phi) is 5.10. The summed E-state index contributed by atoms with van der Waals surface area (Å²) in [5, 5.41) is 4.04. The van der Waals surface area contributed by atoms with Gasteiger partial charge in [0, 0.05) is 26.5 Å². The highest BCUT2D eigenvalue weighted by atomic mass is 32.2. The molecule has 0 atom stereocenters. The number of pyridine rings is 2. The second-order valence-electron chi connectivity index (χ2n) is 7.80. The molecule has 2 N–H and O–H groups in total. The fourth-order valence-electron chi connectivity index (χ4n) is 3.91. The van der Waals surface area contributed by atoms with E-state index in [2.05, 4.69) is 20.3 Å². The van der Waals surface area contributed by atoms with E-state index in [9.17, 15) is 8.42 Å². The molecule has 0 saturated carbocycles. The van der Waals surface area contributed by atoms with Gasteiger partial charge in [-0.05, 0) is 30.3 Å². The fourth-order valence-corrected chi connectivity index (χ4v) is 5.08. The van der Waals surface area contributed by atoms with E-state index in [1.54, 1.807) is 43.7 Å². The minimum Gasteiger partial charge on any atom is -0.371 e. The van der Waals surface area contributed by atoms with Crippen LogP contribution in [0.2, 0.25) is 0 Å². The topological polar surface area (TPSA) is 109 Å². The summed E-state index contributed by atoms with van der Waals surface area (Å²) < 4.78 is 29.0. The predicted octanol–water partition coefficient (Wildman–Crippen LogP) is 3.37. The third-order valence-corrected chi connectivity index (χ3v) is 7.41. The average molecular weight is 462 g/mol. The molecule has 5 rings (SSSR count). The average Bonchev–Trinajstić information content (AvgIpc) is 3.42. The van der Waals surface area contributed by atoms with Gasteiger partial charge in [0.25, 0.3) is 0 Å². The monoisotopic (exact) mass is 461 g/mol. The lowest BCUT2D eigenvalue weighted by atomic mass is 10.2. The van der Waals surface area contributed by atoms with Crippen LogP contribution in [0.5, 0.6) is 0 Å². The second-order valence-corrected chi connectivity index (χ2v) is 9.84. The van der Waals surface area contributed by atoms with Crippen LogP contribution >= 0.6 is 0 Å². The van der Waals surface area contributed by atoms with Gasteiger partial charge in [0.2, 0.25) is 10.0 Å². The normalized spacial score (nSPS) is 12.1. The van der Waals surface area contributed by atoms with E-state index < -0.39 is 10.0 Å². The van der Waals surface area contributed by atoms with Gasteiger partial charge in [-0.25, -0.2) is 23.4 Å². The zero-order valence-corrected chi connectivity index (χ0v) is 19.3. The van der Waals surface area contributed by atoms with Crippen molar-refractivity contribution in [3.8, 4) is 11.4 Å². The fraction of sp³-hybridized carbons (Fsp3) is 0.174. The first kappa shape index (κ1) is 21.1. The van der Waals surface area contributed by atoms with Gasteiger partial charge in [-0.1, -0.05) is 24.3 Å². The van der Waals surface area contributed by atoms with Gasteiger partial charge >= 0.3 is 0 Å². The molecule has 10 heteroatoms. The molecule has 0 spiro atoms. The summed E-state index contributed by atoms with van der Waals surface area (Å²) in [6, 6.07) is 16.0. The minimum absolute atomic E-state index is 0.152. The molecule has 1 aromatic carbocycles. The molecule has 0 unspecified atom stereocenters. The maximum absolute atomic E-state index is 12.9. The molecule has 0 fully saturated rings. The van der Waals surface area contributed by atoms with Crippen molar-refractivity contribution in [3.63, 3.8) is 0 Å². The van der Waals surface area contributed by atoms with Crippen molar-refractivity contribution in [1.29, 1.82) is 0 Å². The summed E-state index contributed by atoms with van der Waals surface area (Å²) in [6.07, 6.45) is 1.77. The van der Waals surface area contributed by atoms with E-state index in [4.69, 9.17) is 4.98 Å². The second kappa shape index (κ2) is 7.98. The molecule has 0 bridgehead atoms. The number of nitrogens with one attached hydrogen (secondary N) is 2. The maximum Gasteiger partial charge on any atom is 0.243 e. The number of aromatic nitrogens is 5. The van der Waals surface area contributed by atoms with Crippen LogP contribution in [0.15, 0.2) is 65.8 Å². The van der Waals surface area contributed by atoms with Gasteiger partial charge in [0.15, 0.2) is 5.82 Å². The zero-order chi connectivity index (χ0) is 23.2. The molecule has 0 aliphatic heterocycles. The van der Waals surface area contributed by atoms with E-state index in [1.165, 1.54) is 4.31 Å². The van der Waals surface area contributed by atoms with Crippen LogP contribution in [0.1, 0.15) is 5.69 Å². The summed E-state index contributed by atoms with van der Waals surface area (Å²) in [5.74, 6) is 0.695. The van der Waals surface area contributed by atoms with Crippen molar-refractivity contribution in [2.45, 2.75) is 11.4 Å². The first-order chi connectivity index (χ1) is 15.9. The van der Waals surface area contributed by atoms with Crippen molar-refractivity contribution in [1.82, 2.24) is 28.8 Å². The Balaban J connectivity index is 1.51. The number of hydrogen-bond donors (Lipinski definition) is 2. The number of benzene rings is 1. The quantitative estimate of drug-likeness (QED) is 0.401. The molecule has 0 aliphatic rings. The van der Waals surface area contributed by atoms with Gasteiger partial charge in [-0.2, -0.15) is 4.31 Å². The molecule has 5 aromatic rings. The number of sulfonamides is 1. The van der Waals surface area contributed by atoms with Gasteiger partial charge in [0.05, 0.1) is 40.4 Å². The lowest BCUT2D eigenvalue weighted by molar-refractivity contribution is 0.462. The number of hydrogen-bond acceptors (Lipinski definition) is 6. The van der Waals surface area contributed by atoms with E-state index in [0.29, 0.717) is 17.2 Å². The number of H-pyrrole nitrogens is 1. The number of nitrogens with zero attached hydrogens (tertiary/aromatic N) is 5. The standard InChI is InChI=1S/C23H23N7O2S/c1-24-23-20-21(29(2)14-25-20)17-12-19(27-22(17)28-23)18-11-7-8-15(26-18)13-30(3)33(31,32)16-9-5-4-6-10-16/h4-12,14H,13H2,1-3H3,(H2,24,27,28). The Morgan fingerprint density at radius 2 is 1.88 bits per heavy atom. The summed E-state index contributed by atoms with van der Waals surface area (Å²) in [6.45, 7) is 0.152. The van der Waals surface area contributed by atoms with Crippen LogP contribution in [0.3, 0.4) is 0 Å². The van der Waals surface area contributed by atoms with Crippen LogP contribution < -0.4 is 5.32 Å². The Labute approximate surface area is 191 Å². The number of aryl methyl sites for hydroxylation is 1. The highest BCUT2D eigenvalue weighted by Crippen LogP contribution is 2.31. The summed E-state index contributed by atoms with van der Waals surface area (Å²) in [5.41, 5.74) is 4.63. The zero-order valence-electron chi connectivity index (χ0n) is 18.4. The summed E-state index contributed by atoms with van der Waals surface area (Å²) >= 11 is 0. The lowest BCUT2D eigenvalue weighted by Gasteiger charge is -2.17. The van der Waals surface area contributed by atoms with Crippen LogP contribution in [-0.2, 0) is 23.6 Å². The number of anilines is 1. The van der Waals surface area contributed by atoms with Gasteiger partial charge in [-0.15, -0.1) is 0 Å². The summed E-state index contributed by atoms with van der Waals surface area (Å²) in [4.78, 5) is 17.4. The van der Waals surface area contributed by atoms with E-state index in [0.717, 1.165) is 27.8 Å². The smallest absolute Gasteiger partial charge is 0.243 e. The van der Waals surface area contributed by atoms with Gasteiger partial charge in [-0.3, -0.25) is 0 Å². The van der Waals surface area contributed by atoms with E-state index >= 15 is 0 Å². The Hall–Kier alpha value is -3.76. The van der Waals surface area contributed by atoms with Gasteiger partial charge in [0.1, 0.15) is 11.2 Å². The molecular weight excluding hydrogens is 438 g/mol. The number of fused-ring (bicyclic) bond motifs is 3. The largest absolute Gasteiger partial charge is 0.371 e. The maximum atomic E-state index is 12.9. The van der Waals surface area contributed by atoms with Crippen LogP contribution in [-0.4, -0.2) is 51.3 Å². The number of rotatable bonds is 6. The van der Waals surface area contributed by atoms with Crippen molar-refractivity contribution in [2.75, 3.05) is 19.4 Å². The lowest BCUT2D eigenvalue weighted by Crippen LogP contribution is -2.26. The molecular formula is C23H23N7O2S. The minimum atomic E-state index is -3.61. The molecule has 168 valence electrons. The number of imidazole rings is 1. The third kappa shape index (κ3) is 3.62. The molecule has 33 heavy (non-hydrogen) atoms. The SMILES string of the molecule is CNc1nc2[nH]c(-c3cccc(CN(C)S(=O)(=O)c4ccccc4)n3)cc2c2c1ncn2C. The Bertz CT molecular complexity index is 1570. The molecule has 0 aliphatic carbocycles. The van der Waals surface area contributed by atoms with Crippen molar-refractivity contribution < 1.29 is 8.42 Å². The highest BCUT2D eigenvalue weighted by Gasteiger charge is 2.21. The summed E-state index contributed by atoms with van der Waals surface area (Å²) in [7, 11) is 1.71. The third-order valence-electron chi connectivity index (χ3n) is 5.59. The van der Waals surface area contributed by atoms with Crippen molar-refractivity contribution in [3.05, 3.63) is 66.6 Å².